The van der Waals surface area contributed by atoms with Crippen LogP contribution in [0.25, 0.3) is 0 Å². The molecule has 1 aromatic carbocycles. The normalized spacial score (nSPS) is 17.0. The van der Waals surface area contributed by atoms with Crippen LogP contribution in [0.1, 0.15) is 75.5 Å². The number of methoxy groups -OCH3 is 1. The summed E-state index contributed by atoms with van der Waals surface area (Å²) in [5, 5.41) is 0.748. The lowest BCUT2D eigenvalue weighted by Crippen LogP contribution is -2.49. The third-order valence-electron chi connectivity index (χ3n) is 8.05. The minimum atomic E-state index is 0.0365. The lowest BCUT2D eigenvalue weighted by atomic mass is 9.88. The van der Waals surface area contributed by atoms with E-state index in [2.05, 4.69) is 16.8 Å². The number of rotatable bonds is 11. The monoisotopic (exact) mass is 527 g/mol. The molecule has 7 heteroatoms. The smallest absolute Gasteiger partial charge is 0.242 e. The second kappa shape index (κ2) is 14.0. The lowest BCUT2D eigenvalue weighted by molar-refractivity contribution is -0.146. The first kappa shape index (κ1) is 27.7. The average Bonchev–Trinajstić information content (AvgIpc) is 3.37. The molecule has 0 N–H and O–H groups in total. The van der Waals surface area contributed by atoms with Gasteiger partial charge in [0.05, 0.1) is 19.7 Å². The first-order valence-electron chi connectivity index (χ1n) is 14.0. The maximum atomic E-state index is 13.9. The average molecular weight is 528 g/mol. The van der Waals surface area contributed by atoms with E-state index >= 15 is 0 Å². The van der Waals surface area contributed by atoms with Gasteiger partial charge >= 0.3 is 0 Å². The summed E-state index contributed by atoms with van der Waals surface area (Å²) in [5.41, 5.74) is 2.14. The Morgan fingerprint density at radius 2 is 1.68 bits per heavy atom. The highest BCUT2D eigenvalue weighted by atomic mass is 35.5. The van der Waals surface area contributed by atoms with Gasteiger partial charge in [-0.05, 0) is 49.4 Å². The van der Waals surface area contributed by atoms with E-state index in [0.717, 1.165) is 67.6 Å². The molecule has 0 bridgehead atoms. The van der Waals surface area contributed by atoms with Crippen LogP contribution in [0, 0.1) is 5.92 Å². The van der Waals surface area contributed by atoms with Crippen molar-refractivity contribution in [1.29, 1.82) is 0 Å². The summed E-state index contributed by atoms with van der Waals surface area (Å²) in [5.74, 6) is 0.197. The summed E-state index contributed by atoms with van der Waals surface area (Å²) in [6, 6.07) is 12.2. The predicted octanol–water partition coefficient (Wildman–Crippen LogP) is 5.91. The molecule has 2 saturated carbocycles. The van der Waals surface area contributed by atoms with E-state index < -0.39 is 0 Å². The van der Waals surface area contributed by atoms with Gasteiger partial charge in [0.15, 0.2) is 0 Å². The van der Waals surface area contributed by atoms with Gasteiger partial charge in [-0.25, -0.2) is 0 Å². The summed E-state index contributed by atoms with van der Waals surface area (Å²) in [6.07, 6.45) is 12.9. The van der Waals surface area contributed by atoms with Crippen LogP contribution in [-0.2, 0) is 27.4 Å². The molecule has 202 valence electrons. The summed E-state index contributed by atoms with van der Waals surface area (Å²) < 4.78 is 7.48. The maximum Gasteiger partial charge on any atom is 0.242 e. The number of carbonyl (C=O) groups is 2. The molecule has 2 fully saturated rings. The molecule has 6 nitrogen and oxygen atoms in total. The van der Waals surface area contributed by atoms with Crippen LogP contribution in [0.5, 0.6) is 0 Å². The zero-order chi connectivity index (χ0) is 26.0. The van der Waals surface area contributed by atoms with Gasteiger partial charge < -0.3 is 19.1 Å². The zero-order valence-electron chi connectivity index (χ0n) is 22.2. The van der Waals surface area contributed by atoms with E-state index in [4.69, 9.17) is 16.3 Å². The van der Waals surface area contributed by atoms with Gasteiger partial charge in [0.2, 0.25) is 11.8 Å². The molecule has 0 radical (unpaired) electrons. The topological polar surface area (TPSA) is 54.8 Å². The van der Waals surface area contributed by atoms with E-state index in [9.17, 15) is 9.59 Å². The zero-order valence-corrected chi connectivity index (χ0v) is 23.0. The lowest BCUT2D eigenvalue weighted by Gasteiger charge is -2.37. The number of carbonyl (C=O) groups excluding carboxylic acids is 2. The maximum absolute atomic E-state index is 13.9. The van der Waals surface area contributed by atoms with Crippen molar-refractivity contribution in [2.45, 2.75) is 83.3 Å². The molecular weight excluding hydrogens is 486 g/mol. The van der Waals surface area contributed by atoms with E-state index in [0.29, 0.717) is 26.2 Å². The van der Waals surface area contributed by atoms with E-state index in [-0.39, 0.29) is 30.3 Å². The SMILES string of the molecule is COCCN(CC(=O)N(Cc1cccn1Cc1ccccc1Cl)C1CCCCC1)C(=O)C1CCCCC1. The number of ether oxygens (including phenoxy) is 1. The number of hydrogen-bond acceptors (Lipinski definition) is 3. The Labute approximate surface area is 226 Å². The van der Waals surface area contributed by atoms with E-state index in [1.165, 1.54) is 12.8 Å². The standard InChI is InChI=1S/C30H42ClN3O3/c1-37-20-19-33(30(36)24-11-4-2-5-12-24)23-29(35)34(26-14-6-3-7-15-26)22-27-16-10-18-32(27)21-25-13-8-9-17-28(25)31/h8-10,13,16-18,24,26H,2-7,11-12,14-15,19-23H2,1H3. The Morgan fingerprint density at radius 1 is 0.973 bits per heavy atom. The Morgan fingerprint density at radius 3 is 2.38 bits per heavy atom. The summed E-state index contributed by atoms with van der Waals surface area (Å²) in [6.45, 7) is 2.22. The minimum absolute atomic E-state index is 0.0365. The number of benzene rings is 1. The van der Waals surface area contributed by atoms with Crippen LogP contribution in [-0.4, -0.2) is 59.0 Å². The van der Waals surface area contributed by atoms with Gasteiger partial charge in [-0.1, -0.05) is 68.3 Å². The predicted molar refractivity (Wildman–Crippen MR) is 147 cm³/mol. The van der Waals surface area contributed by atoms with E-state index in [1.54, 1.807) is 12.0 Å². The largest absolute Gasteiger partial charge is 0.383 e. The summed E-state index contributed by atoms with van der Waals surface area (Å²) in [7, 11) is 1.65. The number of amides is 2. The summed E-state index contributed by atoms with van der Waals surface area (Å²) >= 11 is 6.44. The highest BCUT2D eigenvalue weighted by Crippen LogP contribution is 2.27. The molecule has 2 aromatic rings. The van der Waals surface area contributed by atoms with Crippen LogP contribution in [0.3, 0.4) is 0 Å². The third kappa shape index (κ3) is 7.61. The number of nitrogens with zero attached hydrogens (tertiary/aromatic N) is 3. The van der Waals surface area contributed by atoms with Crippen molar-refractivity contribution in [3.05, 3.63) is 58.9 Å². The Balaban J connectivity index is 1.51. The fourth-order valence-corrected chi connectivity index (χ4v) is 6.07. The van der Waals surface area contributed by atoms with Crippen molar-refractivity contribution in [1.82, 2.24) is 14.4 Å². The van der Waals surface area contributed by atoms with Gasteiger partial charge in [-0.15, -0.1) is 0 Å². The van der Waals surface area contributed by atoms with Crippen molar-refractivity contribution >= 4 is 23.4 Å². The highest BCUT2D eigenvalue weighted by molar-refractivity contribution is 6.31. The van der Waals surface area contributed by atoms with Crippen LogP contribution < -0.4 is 0 Å². The van der Waals surface area contributed by atoms with Crippen molar-refractivity contribution < 1.29 is 14.3 Å². The molecular formula is C30H42ClN3O3. The molecule has 0 atom stereocenters. The number of hydrogen-bond donors (Lipinski definition) is 0. The van der Waals surface area contributed by atoms with E-state index in [1.807, 2.05) is 35.2 Å². The Bertz CT molecular complexity index is 1010. The van der Waals surface area contributed by atoms with Crippen molar-refractivity contribution in [3.8, 4) is 0 Å². The van der Waals surface area contributed by atoms with Crippen LogP contribution in [0.15, 0.2) is 42.6 Å². The van der Waals surface area contributed by atoms with Gasteiger partial charge in [-0.3, -0.25) is 9.59 Å². The highest BCUT2D eigenvalue weighted by Gasteiger charge is 2.31. The molecule has 2 amide bonds. The van der Waals surface area contributed by atoms with Crippen molar-refractivity contribution in [2.75, 3.05) is 26.8 Å². The Kier molecular flexibility index (Phi) is 10.5. The van der Waals surface area contributed by atoms with Gasteiger partial charge in [-0.2, -0.15) is 0 Å². The van der Waals surface area contributed by atoms with Gasteiger partial charge in [0.1, 0.15) is 0 Å². The van der Waals surface area contributed by atoms with Crippen molar-refractivity contribution in [2.24, 2.45) is 5.92 Å². The minimum Gasteiger partial charge on any atom is -0.383 e. The molecule has 0 aliphatic heterocycles. The van der Waals surface area contributed by atoms with Crippen LogP contribution >= 0.6 is 11.6 Å². The second-order valence-corrected chi connectivity index (χ2v) is 11.0. The molecule has 4 rings (SSSR count). The number of halogens is 1. The molecule has 1 aromatic heterocycles. The third-order valence-corrected chi connectivity index (χ3v) is 8.42. The quantitative estimate of drug-likeness (QED) is 0.365. The molecule has 2 aliphatic carbocycles. The molecule has 0 unspecified atom stereocenters. The van der Waals surface area contributed by atoms with Crippen LogP contribution in [0.4, 0.5) is 0 Å². The van der Waals surface area contributed by atoms with Crippen molar-refractivity contribution in [3.63, 3.8) is 0 Å². The van der Waals surface area contributed by atoms with Gasteiger partial charge in [0, 0.05) is 49.1 Å². The molecule has 0 saturated heterocycles. The fraction of sp³-hybridized carbons (Fsp3) is 0.600. The first-order valence-corrected chi connectivity index (χ1v) is 14.4. The van der Waals surface area contributed by atoms with Gasteiger partial charge in [0.25, 0.3) is 0 Å². The Hall–Kier alpha value is -2.31. The second-order valence-electron chi connectivity index (χ2n) is 10.6. The number of aromatic nitrogens is 1. The summed E-state index contributed by atoms with van der Waals surface area (Å²) in [4.78, 5) is 31.2. The van der Waals surface area contributed by atoms with Crippen LogP contribution in [0.2, 0.25) is 5.02 Å². The molecule has 0 spiro atoms. The molecule has 1 heterocycles. The molecule has 37 heavy (non-hydrogen) atoms. The fourth-order valence-electron chi connectivity index (χ4n) is 5.88. The first-order chi connectivity index (χ1) is 18.1. The molecule has 2 aliphatic rings.